The van der Waals surface area contributed by atoms with Crippen molar-refractivity contribution in [2.45, 2.75) is 19.3 Å². The molecular weight excluding hydrogens is 310 g/mol. The smallest absolute Gasteiger partial charge is 0.324 e. The highest BCUT2D eigenvalue weighted by Crippen LogP contribution is 2.35. The first-order valence-corrected chi connectivity index (χ1v) is 6.90. The molecule has 0 spiro atoms. The van der Waals surface area contributed by atoms with E-state index in [1.165, 1.54) is 41.0 Å². The van der Waals surface area contributed by atoms with Crippen molar-refractivity contribution >= 4 is 11.0 Å². The van der Waals surface area contributed by atoms with Crippen LogP contribution in [-0.4, -0.2) is 9.55 Å². The Morgan fingerprint density at radius 2 is 1.74 bits per heavy atom. The van der Waals surface area contributed by atoms with E-state index in [-0.39, 0.29) is 24.1 Å². The predicted molar refractivity (Wildman–Crippen MR) is 78.1 cm³/mol. The maximum atomic E-state index is 13.3. The molecule has 1 heterocycles. The third-order valence-electron chi connectivity index (χ3n) is 3.59. The molecule has 0 saturated heterocycles. The average Bonchev–Trinajstić information content (AvgIpc) is 2.86. The molecule has 0 aliphatic rings. The van der Waals surface area contributed by atoms with Crippen LogP contribution in [0.4, 0.5) is 17.6 Å². The van der Waals surface area contributed by atoms with Crippen LogP contribution < -0.4 is 5.73 Å². The third-order valence-corrected chi connectivity index (χ3v) is 3.59. The first-order valence-electron chi connectivity index (χ1n) is 6.90. The lowest BCUT2D eigenvalue weighted by atomic mass is 10.1. The number of hydrogen-bond acceptors (Lipinski definition) is 2. The average molecular weight is 323 g/mol. The predicted octanol–water partition coefficient (Wildman–Crippen LogP) is 3.70. The van der Waals surface area contributed by atoms with Gasteiger partial charge in [-0.05, 0) is 29.8 Å². The first-order chi connectivity index (χ1) is 10.9. The lowest BCUT2D eigenvalue weighted by Gasteiger charge is -2.13. The molecule has 0 saturated carbocycles. The number of halogens is 4. The van der Waals surface area contributed by atoms with E-state index < -0.39 is 17.6 Å². The molecule has 0 aliphatic heterocycles. The van der Waals surface area contributed by atoms with Crippen LogP contribution in [0.1, 0.15) is 17.0 Å². The summed E-state index contributed by atoms with van der Waals surface area (Å²) in [6, 6.07) is 9.44. The van der Waals surface area contributed by atoms with E-state index in [2.05, 4.69) is 4.98 Å². The van der Waals surface area contributed by atoms with E-state index >= 15 is 0 Å². The Morgan fingerprint density at radius 3 is 2.35 bits per heavy atom. The Balaban J connectivity index is 2.19. The maximum absolute atomic E-state index is 13.3. The van der Waals surface area contributed by atoms with Gasteiger partial charge in [-0.2, -0.15) is 13.2 Å². The summed E-state index contributed by atoms with van der Waals surface area (Å²) in [6.45, 7) is 0.142. The zero-order valence-electron chi connectivity index (χ0n) is 11.9. The van der Waals surface area contributed by atoms with Crippen molar-refractivity contribution < 1.29 is 17.6 Å². The molecule has 0 amide bonds. The van der Waals surface area contributed by atoms with Crippen molar-refractivity contribution in [3.05, 3.63) is 65.2 Å². The molecule has 0 atom stereocenters. The second-order valence-electron chi connectivity index (χ2n) is 5.12. The molecule has 0 radical (unpaired) electrons. The highest BCUT2D eigenvalue weighted by molar-refractivity contribution is 5.80. The summed E-state index contributed by atoms with van der Waals surface area (Å²) in [7, 11) is 0. The molecule has 0 aliphatic carbocycles. The molecule has 2 N–H and O–H groups in total. The molecule has 23 heavy (non-hydrogen) atoms. The van der Waals surface area contributed by atoms with Crippen LogP contribution in [0.25, 0.3) is 11.0 Å². The van der Waals surface area contributed by atoms with Crippen LogP contribution in [0.15, 0.2) is 42.5 Å². The third kappa shape index (κ3) is 2.92. The number of benzene rings is 2. The largest absolute Gasteiger partial charge is 0.418 e. The van der Waals surface area contributed by atoms with Crippen molar-refractivity contribution in [2.75, 3.05) is 0 Å². The van der Waals surface area contributed by atoms with Crippen LogP contribution >= 0.6 is 0 Å². The van der Waals surface area contributed by atoms with Gasteiger partial charge in [0.05, 0.1) is 23.1 Å². The van der Waals surface area contributed by atoms with Gasteiger partial charge in [0.15, 0.2) is 0 Å². The number of nitrogens with zero attached hydrogens (tertiary/aromatic N) is 2. The summed E-state index contributed by atoms with van der Waals surface area (Å²) in [5.41, 5.74) is 5.76. The minimum atomic E-state index is -4.49. The van der Waals surface area contributed by atoms with Gasteiger partial charge < -0.3 is 10.3 Å². The summed E-state index contributed by atoms with van der Waals surface area (Å²) in [6.07, 6.45) is -4.49. The van der Waals surface area contributed by atoms with E-state index in [0.29, 0.717) is 11.4 Å². The fraction of sp³-hybridized carbons (Fsp3) is 0.188. The standard InChI is InChI=1S/C16H13F4N3/c17-11-6-4-10(5-7-11)9-23-14(8-21)22-13-3-1-2-12(15(13)23)16(18,19)20/h1-7H,8-9,21H2. The number of alkyl halides is 3. The summed E-state index contributed by atoms with van der Waals surface area (Å²) in [4.78, 5) is 4.18. The van der Waals surface area contributed by atoms with Gasteiger partial charge in [-0.3, -0.25) is 0 Å². The topological polar surface area (TPSA) is 43.8 Å². The zero-order valence-corrected chi connectivity index (χ0v) is 11.9. The second kappa shape index (κ2) is 5.66. The van der Waals surface area contributed by atoms with Crippen LogP contribution in [0.3, 0.4) is 0 Å². The van der Waals surface area contributed by atoms with Gasteiger partial charge in [0.2, 0.25) is 0 Å². The fourth-order valence-corrected chi connectivity index (χ4v) is 2.56. The molecule has 7 heteroatoms. The molecule has 3 nitrogen and oxygen atoms in total. The fourth-order valence-electron chi connectivity index (χ4n) is 2.56. The molecule has 0 bridgehead atoms. The lowest BCUT2D eigenvalue weighted by Crippen LogP contribution is -2.13. The summed E-state index contributed by atoms with van der Waals surface area (Å²) in [5, 5.41) is 0. The zero-order chi connectivity index (χ0) is 16.6. The van der Waals surface area contributed by atoms with Crippen LogP contribution in [0.5, 0.6) is 0 Å². The number of imidazole rings is 1. The van der Waals surface area contributed by atoms with Crippen molar-refractivity contribution in [1.82, 2.24) is 9.55 Å². The Labute approximate surface area is 129 Å². The molecular formula is C16H13F4N3. The molecule has 2 aromatic carbocycles. The van der Waals surface area contributed by atoms with E-state index in [1.807, 2.05) is 0 Å². The minimum Gasteiger partial charge on any atom is -0.324 e. The summed E-state index contributed by atoms with van der Waals surface area (Å²) < 4.78 is 54.3. The Bertz CT molecular complexity index is 835. The lowest BCUT2D eigenvalue weighted by molar-refractivity contribution is -0.136. The van der Waals surface area contributed by atoms with E-state index in [9.17, 15) is 17.6 Å². The highest BCUT2D eigenvalue weighted by Gasteiger charge is 2.34. The molecule has 120 valence electrons. The van der Waals surface area contributed by atoms with Gasteiger partial charge in [0.1, 0.15) is 11.6 Å². The highest BCUT2D eigenvalue weighted by atomic mass is 19.4. The summed E-state index contributed by atoms with van der Waals surface area (Å²) in [5.74, 6) is -0.0553. The number of hydrogen-bond donors (Lipinski definition) is 1. The number of fused-ring (bicyclic) bond motifs is 1. The number of nitrogens with two attached hydrogens (primary N) is 1. The molecule has 3 rings (SSSR count). The Hall–Kier alpha value is -2.41. The first kappa shape index (κ1) is 15.5. The van der Waals surface area contributed by atoms with Gasteiger partial charge in [-0.25, -0.2) is 9.37 Å². The van der Waals surface area contributed by atoms with Crippen molar-refractivity contribution in [1.29, 1.82) is 0 Å². The van der Waals surface area contributed by atoms with Gasteiger partial charge in [0.25, 0.3) is 0 Å². The van der Waals surface area contributed by atoms with Gasteiger partial charge in [0, 0.05) is 6.54 Å². The number of rotatable bonds is 3. The molecule has 0 unspecified atom stereocenters. The quantitative estimate of drug-likeness (QED) is 0.747. The Morgan fingerprint density at radius 1 is 1.04 bits per heavy atom. The van der Waals surface area contributed by atoms with E-state index in [1.54, 1.807) is 0 Å². The molecule has 1 aromatic heterocycles. The maximum Gasteiger partial charge on any atom is 0.418 e. The van der Waals surface area contributed by atoms with Crippen LogP contribution in [0, 0.1) is 5.82 Å². The normalized spacial score (nSPS) is 12.0. The van der Waals surface area contributed by atoms with E-state index in [0.717, 1.165) is 6.07 Å². The Kier molecular flexibility index (Phi) is 3.81. The monoisotopic (exact) mass is 323 g/mol. The van der Waals surface area contributed by atoms with Crippen molar-refractivity contribution in [3.8, 4) is 0 Å². The summed E-state index contributed by atoms with van der Waals surface area (Å²) >= 11 is 0. The number of aromatic nitrogens is 2. The van der Waals surface area contributed by atoms with Gasteiger partial charge in [-0.1, -0.05) is 18.2 Å². The molecule has 0 fully saturated rings. The minimum absolute atomic E-state index is 0.00711. The van der Waals surface area contributed by atoms with Crippen molar-refractivity contribution in [2.24, 2.45) is 5.73 Å². The van der Waals surface area contributed by atoms with E-state index in [4.69, 9.17) is 5.73 Å². The second-order valence-corrected chi connectivity index (χ2v) is 5.12. The number of para-hydroxylation sites is 1. The molecule has 3 aromatic rings. The SMILES string of the molecule is NCc1nc2cccc(C(F)(F)F)c2n1Cc1ccc(F)cc1. The van der Waals surface area contributed by atoms with Gasteiger partial charge in [-0.15, -0.1) is 0 Å². The van der Waals surface area contributed by atoms with Gasteiger partial charge >= 0.3 is 6.18 Å². The van der Waals surface area contributed by atoms with Crippen LogP contribution in [-0.2, 0) is 19.3 Å². The van der Waals surface area contributed by atoms with Crippen molar-refractivity contribution in [3.63, 3.8) is 0 Å². The van der Waals surface area contributed by atoms with Crippen LogP contribution in [0.2, 0.25) is 0 Å².